The van der Waals surface area contributed by atoms with Gasteiger partial charge >= 0.3 is 0 Å². The molecule has 0 saturated heterocycles. The molecule has 3 rings (SSSR count). The van der Waals surface area contributed by atoms with E-state index in [2.05, 4.69) is 26.4 Å². The summed E-state index contributed by atoms with van der Waals surface area (Å²) in [5.74, 6) is -0.569. The highest BCUT2D eigenvalue weighted by molar-refractivity contribution is 8.01. The molecule has 28 heavy (non-hydrogen) atoms. The molecule has 2 amide bonds. The Bertz CT molecular complexity index is 972. The maximum Gasteiger partial charge on any atom is 0.269 e. The second-order valence-corrected chi connectivity index (χ2v) is 8.22. The molecule has 0 spiro atoms. The summed E-state index contributed by atoms with van der Waals surface area (Å²) in [6.07, 6.45) is 0. The van der Waals surface area contributed by atoms with E-state index in [4.69, 9.17) is 0 Å². The van der Waals surface area contributed by atoms with Crippen LogP contribution in [0.1, 0.15) is 21.5 Å². The van der Waals surface area contributed by atoms with Crippen molar-refractivity contribution in [3.63, 3.8) is 0 Å². The summed E-state index contributed by atoms with van der Waals surface area (Å²) in [6, 6.07) is 15.0. The predicted octanol–water partition coefficient (Wildman–Crippen LogP) is 3.45. The minimum absolute atomic E-state index is 0.118. The SMILES string of the molecule is Cc1ccc(C(=O)NNC(=O)CSc2nnc(Nc3cccc(C)c3)s2)cc1. The number of anilines is 2. The Morgan fingerprint density at radius 1 is 1.00 bits per heavy atom. The van der Waals surface area contributed by atoms with Crippen LogP contribution in [-0.4, -0.2) is 27.8 Å². The first kappa shape index (κ1) is 19.8. The molecule has 0 bridgehead atoms. The van der Waals surface area contributed by atoms with E-state index in [0.29, 0.717) is 15.0 Å². The Morgan fingerprint density at radius 3 is 2.54 bits per heavy atom. The molecular formula is C19H19N5O2S2. The van der Waals surface area contributed by atoms with Gasteiger partial charge < -0.3 is 5.32 Å². The summed E-state index contributed by atoms with van der Waals surface area (Å²) in [4.78, 5) is 23.9. The number of aryl methyl sites for hydroxylation is 2. The Labute approximate surface area is 170 Å². The fourth-order valence-electron chi connectivity index (χ4n) is 2.23. The van der Waals surface area contributed by atoms with Gasteiger partial charge in [-0.1, -0.05) is 52.9 Å². The summed E-state index contributed by atoms with van der Waals surface area (Å²) >= 11 is 2.61. The lowest BCUT2D eigenvalue weighted by Gasteiger charge is -2.06. The first-order valence-corrected chi connectivity index (χ1v) is 10.3. The summed E-state index contributed by atoms with van der Waals surface area (Å²) in [6.45, 7) is 3.96. The molecule has 0 aliphatic rings. The zero-order valence-electron chi connectivity index (χ0n) is 15.4. The largest absolute Gasteiger partial charge is 0.330 e. The fourth-order valence-corrected chi connectivity index (χ4v) is 3.80. The van der Waals surface area contributed by atoms with Crippen molar-refractivity contribution < 1.29 is 9.59 Å². The topological polar surface area (TPSA) is 96.0 Å². The van der Waals surface area contributed by atoms with E-state index in [1.54, 1.807) is 12.1 Å². The van der Waals surface area contributed by atoms with Crippen LogP contribution in [0.15, 0.2) is 52.9 Å². The van der Waals surface area contributed by atoms with Gasteiger partial charge in [0.25, 0.3) is 5.91 Å². The Balaban J connectivity index is 1.44. The molecule has 0 aliphatic carbocycles. The van der Waals surface area contributed by atoms with E-state index in [9.17, 15) is 9.59 Å². The van der Waals surface area contributed by atoms with Gasteiger partial charge in [0.05, 0.1) is 5.75 Å². The van der Waals surface area contributed by atoms with Crippen LogP contribution in [-0.2, 0) is 4.79 Å². The van der Waals surface area contributed by atoms with E-state index >= 15 is 0 Å². The van der Waals surface area contributed by atoms with Crippen LogP contribution in [0.5, 0.6) is 0 Å². The van der Waals surface area contributed by atoms with Gasteiger partial charge in [-0.05, 0) is 43.7 Å². The molecule has 2 aromatic carbocycles. The van der Waals surface area contributed by atoms with Gasteiger partial charge in [0, 0.05) is 11.3 Å². The molecule has 0 saturated carbocycles. The van der Waals surface area contributed by atoms with Crippen molar-refractivity contribution in [3.05, 3.63) is 65.2 Å². The lowest BCUT2D eigenvalue weighted by Crippen LogP contribution is -2.42. The van der Waals surface area contributed by atoms with Gasteiger partial charge in [0.2, 0.25) is 11.0 Å². The smallest absolute Gasteiger partial charge is 0.269 e. The summed E-state index contributed by atoms with van der Waals surface area (Å²) < 4.78 is 0.662. The maximum atomic E-state index is 12.0. The Morgan fingerprint density at radius 2 is 1.79 bits per heavy atom. The molecule has 0 unspecified atom stereocenters. The van der Waals surface area contributed by atoms with Crippen molar-refractivity contribution in [2.75, 3.05) is 11.1 Å². The number of aromatic nitrogens is 2. The molecule has 7 nitrogen and oxygen atoms in total. The number of benzene rings is 2. The second kappa shape index (κ2) is 9.34. The van der Waals surface area contributed by atoms with Crippen molar-refractivity contribution in [3.8, 4) is 0 Å². The molecule has 144 valence electrons. The van der Waals surface area contributed by atoms with Crippen molar-refractivity contribution >= 4 is 45.7 Å². The number of thioether (sulfide) groups is 1. The third kappa shape index (κ3) is 5.80. The lowest BCUT2D eigenvalue weighted by molar-refractivity contribution is -0.119. The van der Waals surface area contributed by atoms with Crippen LogP contribution in [0.3, 0.4) is 0 Å². The van der Waals surface area contributed by atoms with Crippen LogP contribution in [0.2, 0.25) is 0 Å². The Hall–Kier alpha value is -2.91. The number of amides is 2. The maximum absolute atomic E-state index is 12.0. The summed E-state index contributed by atoms with van der Waals surface area (Å²) in [7, 11) is 0. The highest BCUT2D eigenvalue weighted by Gasteiger charge is 2.10. The quantitative estimate of drug-likeness (QED) is 0.423. The van der Waals surface area contributed by atoms with E-state index in [1.807, 2.05) is 50.2 Å². The molecule has 1 heterocycles. The van der Waals surface area contributed by atoms with Crippen molar-refractivity contribution in [2.45, 2.75) is 18.2 Å². The molecule has 0 radical (unpaired) electrons. The van der Waals surface area contributed by atoms with Gasteiger partial charge in [-0.2, -0.15) is 0 Å². The number of hydrogen-bond donors (Lipinski definition) is 3. The molecule has 1 aromatic heterocycles. The minimum Gasteiger partial charge on any atom is -0.330 e. The van der Waals surface area contributed by atoms with E-state index in [-0.39, 0.29) is 17.6 Å². The zero-order valence-corrected chi connectivity index (χ0v) is 17.0. The normalized spacial score (nSPS) is 10.4. The number of hydrogen-bond acceptors (Lipinski definition) is 7. The van der Waals surface area contributed by atoms with Crippen molar-refractivity contribution in [2.24, 2.45) is 0 Å². The van der Waals surface area contributed by atoms with Gasteiger partial charge in [-0.15, -0.1) is 10.2 Å². The molecule has 0 atom stereocenters. The molecule has 3 aromatic rings. The third-order valence-electron chi connectivity index (χ3n) is 3.63. The van der Waals surface area contributed by atoms with Crippen LogP contribution < -0.4 is 16.2 Å². The molecule has 0 fully saturated rings. The average molecular weight is 414 g/mol. The number of carbonyl (C=O) groups excluding carboxylic acids is 2. The average Bonchev–Trinajstić information content (AvgIpc) is 3.12. The van der Waals surface area contributed by atoms with Crippen LogP contribution >= 0.6 is 23.1 Å². The molecule has 3 N–H and O–H groups in total. The number of rotatable bonds is 6. The summed E-state index contributed by atoms with van der Waals surface area (Å²) in [5, 5.41) is 12.0. The van der Waals surface area contributed by atoms with Gasteiger partial charge in [-0.3, -0.25) is 20.4 Å². The number of nitrogens with one attached hydrogen (secondary N) is 3. The highest BCUT2D eigenvalue weighted by Crippen LogP contribution is 2.27. The van der Waals surface area contributed by atoms with Crippen molar-refractivity contribution in [1.29, 1.82) is 0 Å². The van der Waals surface area contributed by atoms with E-state index in [0.717, 1.165) is 16.8 Å². The van der Waals surface area contributed by atoms with Crippen LogP contribution in [0.4, 0.5) is 10.8 Å². The van der Waals surface area contributed by atoms with Gasteiger partial charge in [0.1, 0.15) is 0 Å². The lowest BCUT2D eigenvalue weighted by atomic mass is 10.1. The monoisotopic (exact) mass is 413 g/mol. The second-order valence-electron chi connectivity index (χ2n) is 6.02. The number of nitrogens with zero attached hydrogens (tertiary/aromatic N) is 2. The molecule has 9 heteroatoms. The third-order valence-corrected chi connectivity index (χ3v) is 5.60. The van der Waals surface area contributed by atoms with E-state index in [1.165, 1.54) is 23.1 Å². The van der Waals surface area contributed by atoms with E-state index < -0.39 is 0 Å². The first-order valence-electron chi connectivity index (χ1n) is 8.45. The van der Waals surface area contributed by atoms with Crippen molar-refractivity contribution in [1.82, 2.24) is 21.0 Å². The molecular weight excluding hydrogens is 394 g/mol. The highest BCUT2D eigenvalue weighted by atomic mass is 32.2. The van der Waals surface area contributed by atoms with Gasteiger partial charge in [0.15, 0.2) is 4.34 Å². The first-order chi connectivity index (χ1) is 13.5. The minimum atomic E-state index is -0.362. The van der Waals surface area contributed by atoms with Crippen LogP contribution in [0.25, 0.3) is 0 Å². The zero-order chi connectivity index (χ0) is 19.9. The number of carbonyl (C=O) groups is 2. The van der Waals surface area contributed by atoms with Gasteiger partial charge in [-0.25, -0.2) is 0 Å². The fraction of sp³-hybridized carbons (Fsp3) is 0.158. The van der Waals surface area contributed by atoms with Crippen LogP contribution in [0, 0.1) is 13.8 Å². The number of hydrazine groups is 1. The predicted molar refractivity (Wildman–Crippen MR) is 112 cm³/mol. The standard InChI is InChI=1S/C19H19N5O2S2/c1-12-6-8-14(9-7-12)17(26)22-21-16(25)11-27-19-24-23-18(28-19)20-15-5-3-4-13(2)10-15/h3-10H,11H2,1-2H3,(H,20,23)(H,21,25)(H,22,26). The summed E-state index contributed by atoms with van der Waals surface area (Å²) in [5.41, 5.74) is 8.42. The Kier molecular flexibility index (Phi) is 6.62. The molecule has 0 aliphatic heterocycles.